The molecule has 0 amide bonds. The number of allylic oxidation sites excluding steroid dienone is 28. The molecular weight excluding hydrogens is 1400 g/mol. The molecular formula is C89H146O17P2. The lowest BCUT2D eigenvalue weighted by Crippen LogP contribution is -2.30. The third kappa shape index (κ3) is 78.5. The molecule has 108 heavy (non-hydrogen) atoms. The Labute approximate surface area is 654 Å². The highest BCUT2D eigenvalue weighted by molar-refractivity contribution is 7.47. The van der Waals surface area contributed by atoms with Crippen molar-refractivity contribution in [2.24, 2.45) is 0 Å². The van der Waals surface area contributed by atoms with Gasteiger partial charge in [-0.3, -0.25) is 37.3 Å². The van der Waals surface area contributed by atoms with Gasteiger partial charge in [0.25, 0.3) is 0 Å². The van der Waals surface area contributed by atoms with Gasteiger partial charge in [-0.2, -0.15) is 0 Å². The molecule has 0 bridgehead atoms. The van der Waals surface area contributed by atoms with E-state index in [4.69, 9.17) is 37.0 Å². The third-order valence-electron chi connectivity index (χ3n) is 16.6. The predicted octanol–water partition coefficient (Wildman–Crippen LogP) is 24.6. The average Bonchev–Trinajstić information content (AvgIpc) is 0.896. The van der Waals surface area contributed by atoms with Gasteiger partial charge < -0.3 is 33.8 Å². The first-order valence-corrected chi connectivity index (χ1v) is 44.4. The summed E-state index contributed by atoms with van der Waals surface area (Å²) in [5.74, 6) is -2.41. The highest BCUT2D eigenvalue weighted by Gasteiger charge is 2.30. The highest BCUT2D eigenvalue weighted by Crippen LogP contribution is 2.45. The summed E-state index contributed by atoms with van der Waals surface area (Å²) in [6, 6.07) is 0. The van der Waals surface area contributed by atoms with Gasteiger partial charge in [-0.15, -0.1) is 0 Å². The van der Waals surface area contributed by atoms with Crippen molar-refractivity contribution in [3.63, 3.8) is 0 Å². The number of phosphoric ester groups is 2. The first-order valence-electron chi connectivity index (χ1n) is 41.4. The lowest BCUT2D eigenvalue weighted by Gasteiger charge is -2.21. The molecule has 0 saturated heterocycles. The van der Waals surface area contributed by atoms with Gasteiger partial charge in [0.2, 0.25) is 0 Å². The van der Waals surface area contributed by atoms with Gasteiger partial charge in [0.15, 0.2) is 12.2 Å². The van der Waals surface area contributed by atoms with Crippen LogP contribution >= 0.6 is 15.6 Å². The van der Waals surface area contributed by atoms with Crippen LogP contribution in [0.4, 0.5) is 0 Å². The Kier molecular flexibility index (Phi) is 75.4. The van der Waals surface area contributed by atoms with Crippen LogP contribution in [0.15, 0.2) is 170 Å². The minimum absolute atomic E-state index is 0.0161. The zero-order valence-electron chi connectivity index (χ0n) is 67.2. The molecule has 5 atom stereocenters. The number of ether oxygens (including phenoxy) is 4. The van der Waals surface area contributed by atoms with E-state index in [0.29, 0.717) is 38.5 Å². The topological polar surface area (TPSA) is 237 Å². The molecule has 19 heteroatoms. The minimum atomic E-state index is -5.03. The maximum atomic E-state index is 13.1. The van der Waals surface area contributed by atoms with Crippen molar-refractivity contribution in [1.29, 1.82) is 0 Å². The van der Waals surface area contributed by atoms with Crippen molar-refractivity contribution >= 4 is 39.5 Å². The van der Waals surface area contributed by atoms with Crippen LogP contribution in [0, 0.1) is 0 Å². The van der Waals surface area contributed by atoms with Crippen LogP contribution in [0.2, 0.25) is 0 Å². The number of rotatable bonds is 76. The quantitative estimate of drug-likeness (QED) is 0.0169. The van der Waals surface area contributed by atoms with E-state index < -0.39 is 97.5 Å². The molecule has 0 aliphatic rings. The summed E-state index contributed by atoms with van der Waals surface area (Å²) in [5.41, 5.74) is 0. The zero-order valence-corrected chi connectivity index (χ0v) is 69.0. The Morgan fingerprint density at radius 3 is 0.769 bits per heavy atom. The first-order chi connectivity index (χ1) is 52.7. The standard InChI is InChI=1S/C89H146O17P2/c1-5-9-13-17-21-25-29-33-37-39-41-43-47-50-54-58-62-66-70-74-87(92)100-80-85(106-89(94)76-72-68-64-60-56-52-48-44-42-40-38-34-30-26-22-18-14-10-6-2)82-104-108(97,98)102-78-83(90)77-101-107(95,96)103-81-84(105-88(93)75-71-67-63-59-55-51-46-36-32-28-24-20-16-12-8-4)79-99-86(91)73-69-65-61-57-53-49-45-35-31-27-23-19-15-11-7-3/h21-28,33-38,41-46,50,52,54,56,62,64,66,68,83-85,90H,5-20,29-32,39-40,47-49,51,53,55,57-61,63,65,67,69-82H2,1-4H3,(H,95,96)(H,97,98)/b25-21-,26-22-,27-23-,28-24-,37-33-,38-34-,43-41-,44-42-,45-35-,46-36-,54-50-,56-52-,66-62-,68-64-/t83-,84+,85+/m0/s1. The molecule has 0 spiro atoms. The number of esters is 4. The second-order valence-electron chi connectivity index (χ2n) is 27.0. The van der Waals surface area contributed by atoms with E-state index in [1.54, 1.807) is 0 Å². The van der Waals surface area contributed by atoms with E-state index in [-0.39, 0.29) is 25.7 Å². The Balaban J connectivity index is 5.55. The van der Waals surface area contributed by atoms with Gasteiger partial charge in [-0.1, -0.05) is 288 Å². The fraction of sp³-hybridized carbons (Fsp3) is 0.640. The van der Waals surface area contributed by atoms with Crippen LogP contribution < -0.4 is 0 Å². The molecule has 0 aromatic carbocycles. The Morgan fingerprint density at radius 2 is 0.472 bits per heavy atom. The molecule has 3 N–H and O–H groups in total. The number of phosphoric acid groups is 2. The molecule has 0 saturated carbocycles. The van der Waals surface area contributed by atoms with Gasteiger partial charge in [0.1, 0.15) is 19.3 Å². The number of hydrogen-bond donors (Lipinski definition) is 3. The van der Waals surface area contributed by atoms with E-state index in [9.17, 15) is 43.2 Å². The maximum Gasteiger partial charge on any atom is 0.472 e. The van der Waals surface area contributed by atoms with Crippen molar-refractivity contribution in [3.8, 4) is 0 Å². The van der Waals surface area contributed by atoms with Crippen LogP contribution in [0.1, 0.15) is 310 Å². The van der Waals surface area contributed by atoms with E-state index in [0.717, 1.165) is 141 Å². The summed E-state index contributed by atoms with van der Waals surface area (Å²) < 4.78 is 68.5. The molecule has 0 rings (SSSR count). The SMILES string of the molecule is CCCCC/C=C\C/C=C\C/C=C\C/C=C\C/C=C\CCC(=O)OC[C@H](COP(=O)(O)OC[C@@H](O)COP(=O)(O)OC[C@@H](COC(=O)CCCCCCC/C=C\C/C=C\CCCCC)OC(=O)CCCCCCC/C=C\C/C=C\CCCCC)OC(=O)CC/C=C\C/C=C\C/C=C\C/C=C\C/C=C\CCCCC. The number of aliphatic hydroxyl groups is 1. The summed E-state index contributed by atoms with van der Waals surface area (Å²) in [4.78, 5) is 73.1. The van der Waals surface area contributed by atoms with Crippen LogP contribution in [-0.4, -0.2) is 96.7 Å². The second kappa shape index (κ2) is 79.5. The largest absolute Gasteiger partial charge is 0.472 e. The predicted molar refractivity (Wildman–Crippen MR) is 445 cm³/mol. The lowest BCUT2D eigenvalue weighted by molar-refractivity contribution is -0.161. The number of aliphatic hydroxyl groups excluding tert-OH is 1. The Morgan fingerprint density at radius 1 is 0.259 bits per heavy atom. The van der Waals surface area contributed by atoms with Crippen LogP contribution in [0.25, 0.3) is 0 Å². The van der Waals surface area contributed by atoms with Crippen LogP contribution in [-0.2, 0) is 65.4 Å². The van der Waals surface area contributed by atoms with E-state index in [1.807, 2.05) is 36.5 Å². The molecule has 0 heterocycles. The fourth-order valence-corrected chi connectivity index (χ4v) is 11.9. The monoisotopic (exact) mass is 1550 g/mol. The highest BCUT2D eigenvalue weighted by atomic mass is 31.2. The van der Waals surface area contributed by atoms with Crippen molar-refractivity contribution in [3.05, 3.63) is 170 Å². The number of carbonyl (C=O) groups is 4. The molecule has 0 aliphatic heterocycles. The third-order valence-corrected chi connectivity index (χ3v) is 18.6. The molecule has 2 unspecified atom stereocenters. The van der Waals surface area contributed by atoms with E-state index in [2.05, 4.69) is 161 Å². The number of hydrogen-bond acceptors (Lipinski definition) is 15. The minimum Gasteiger partial charge on any atom is -0.462 e. The summed E-state index contributed by atoms with van der Waals surface area (Å²) in [7, 11) is -10.0. The van der Waals surface area contributed by atoms with Crippen molar-refractivity contribution < 1.29 is 80.2 Å². The zero-order chi connectivity index (χ0) is 78.9. The normalized spacial score (nSPS) is 14.7. The second-order valence-corrected chi connectivity index (χ2v) is 29.9. The first kappa shape index (κ1) is 102. The molecule has 0 radical (unpaired) electrons. The lowest BCUT2D eigenvalue weighted by atomic mass is 10.1. The molecule has 0 aromatic heterocycles. The van der Waals surface area contributed by atoms with E-state index >= 15 is 0 Å². The van der Waals surface area contributed by atoms with Gasteiger partial charge in [-0.25, -0.2) is 9.13 Å². The molecule has 0 aliphatic carbocycles. The number of carbonyl (C=O) groups excluding carboxylic acids is 4. The molecule has 0 fully saturated rings. The van der Waals surface area contributed by atoms with Crippen molar-refractivity contribution in [1.82, 2.24) is 0 Å². The molecule has 0 aromatic rings. The molecule has 614 valence electrons. The summed E-state index contributed by atoms with van der Waals surface area (Å²) in [5, 5.41) is 10.7. The van der Waals surface area contributed by atoms with Gasteiger partial charge >= 0.3 is 39.5 Å². The Hall–Kier alpha value is -5.58. The van der Waals surface area contributed by atoms with Gasteiger partial charge in [0, 0.05) is 25.7 Å². The summed E-state index contributed by atoms with van der Waals surface area (Å²) in [6.07, 6.45) is 94.9. The van der Waals surface area contributed by atoms with Crippen LogP contribution in [0.3, 0.4) is 0 Å². The van der Waals surface area contributed by atoms with Gasteiger partial charge in [-0.05, 0) is 167 Å². The summed E-state index contributed by atoms with van der Waals surface area (Å²) in [6.45, 7) is 4.56. The van der Waals surface area contributed by atoms with Crippen LogP contribution in [0.5, 0.6) is 0 Å². The van der Waals surface area contributed by atoms with E-state index in [1.165, 1.54) is 77.0 Å². The fourth-order valence-electron chi connectivity index (χ4n) is 10.3. The summed E-state index contributed by atoms with van der Waals surface area (Å²) >= 11 is 0. The van der Waals surface area contributed by atoms with Gasteiger partial charge in [0.05, 0.1) is 26.4 Å². The Bertz CT molecular complexity index is 2710. The van der Waals surface area contributed by atoms with Crippen molar-refractivity contribution in [2.75, 3.05) is 39.6 Å². The smallest absolute Gasteiger partial charge is 0.462 e. The molecule has 17 nitrogen and oxygen atoms in total. The van der Waals surface area contributed by atoms with Crippen molar-refractivity contribution in [2.45, 2.75) is 329 Å². The average molecular weight is 1550 g/mol. The number of unbranched alkanes of at least 4 members (excludes halogenated alkanes) is 22. The maximum absolute atomic E-state index is 13.1.